The number of ether oxygens (including phenoxy) is 1. The molecule has 0 radical (unpaired) electrons. The number of nitrogens with one attached hydrogen (secondary N) is 1. The zero-order valence-electron chi connectivity index (χ0n) is 16.8. The predicted molar refractivity (Wildman–Crippen MR) is 101 cm³/mol. The molecule has 0 bridgehead atoms. The first-order chi connectivity index (χ1) is 12.8. The molecule has 8 heteroatoms. The molecule has 0 amide bonds. The lowest BCUT2D eigenvalue weighted by molar-refractivity contribution is -0.137. The standard InChI is InChI=1S/C20H28F3N3O2/c1-18(2,3)25-12-16(27)13-28-19(4,17-24-9-10-26(17)5)14-7-6-8-15(11-14)20(21,22)23/h6-11,16,25,27H,12-13H2,1-5H3. The molecule has 2 aromatic rings. The second-order valence-corrected chi connectivity index (χ2v) is 8.07. The van der Waals surface area contributed by atoms with Gasteiger partial charge in [-0.05, 0) is 45.4 Å². The van der Waals surface area contributed by atoms with Gasteiger partial charge in [-0.3, -0.25) is 0 Å². The Morgan fingerprint density at radius 3 is 2.36 bits per heavy atom. The van der Waals surface area contributed by atoms with E-state index in [9.17, 15) is 18.3 Å². The summed E-state index contributed by atoms with van der Waals surface area (Å²) < 4.78 is 47.3. The van der Waals surface area contributed by atoms with Crippen LogP contribution in [0.4, 0.5) is 13.2 Å². The molecule has 0 aliphatic carbocycles. The topological polar surface area (TPSA) is 59.3 Å². The second-order valence-electron chi connectivity index (χ2n) is 8.07. The van der Waals surface area contributed by atoms with Gasteiger partial charge in [-0.25, -0.2) is 4.98 Å². The van der Waals surface area contributed by atoms with Crippen LogP contribution in [0.5, 0.6) is 0 Å². The molecule has 0 fully saturated rings. The molecule has 156 valence electrons. The van der Waals surface area contributed by atoms with Crippen molar-refractivity contribution in [2.45, 2.75) is 51.1 Å². The minimum Gasteiger partial charge on any atom is -0.389 e. The molecule has 0 aliphatic rings. The van der Waals surface area contributed by atoms with E-state index in [2.05, 4.69) is 10.3 Å². The molecule has 2 rings (SSSR count). The Bertz CT molecular complexity index is 783. The molecular weight excluding hydrogens is 371 g/mol. The molecule has 5 nitrogen and oxygen atoms in total. The number of imidazole rings is 1. The molecule has 1 aromatic carbocycles. The van der Waals surface area contributed by atoms with Crippen LogP contribution in [0, 0.1) is 0 Å². The summed E-state index contributed by atoms with van der Waals surface area (Å²) in [5, 5.41) is 13.5. The van der Waals surface area contributed by atoms with Gasteiger partial charge in [-0.1, -0.05) is 12.1 Å². The van der Waals surface area contributed by atoms with Crippen molar-refractivity contribution in [3.05, 3.63) is 53.6 Å². The highest BCUT2D eigenvalue weighted by molar-refractivity contribution is 5.34. The fourth-order valence-corrected chi connectivity index (χ4v) is 2.84. The van der Waals surface area contributed by atoms with Gasteiger partial charge in [-0.15, -0.1) is 0 Å². The summed E-state index contributed by atoms with van der Waals surface area (Å²) in [4.78, 5) is 4.28. The van der Waals surface area contributed by atoms with Crippen LogP contribution in [-0.4, -0.2) is 39.5 Å². The molecule has 2 unspecified atom stereocenters. The Morgan fingerprint density at radius 1 is 1.18 bits per heavy atom. The number of β-amino-alcohol motifs (C(OH)–C–C–N with tert-alkyl or cyclic N) is 1. The number of benzene rings is 1. The molecule has 1 heterocycles. The average Bonchev–Trinajstić information content (AvgIpc) is 3.03. The summed E-state index contributed by atoms with van der Waals surface area (Å²) in [5.41, 5.74) is -1.88. The average molecular weight is 399 g/mol. The van der Waals surface area contributed by atoms with Crippen molar-refractivity contribution in [2.75, 3.05) is 13.2 Å². The lowest BCUT2D eigenvalue weighted by Gasteiger charge is -2.32. The number of rotatable bonds is 7. The van der Waals surface area contributed by atoms with Crippen molar-refractivity contribution < 1.29 is 23.0 Å². The van der Waals surface area contributed by atoms with E-state index in [-0.39, 0.29) is 12.1 Å². The Morgan fingerprint density at radius 2 is 1.82 bits per heavy atom. The lowest BCUT2D eigenvalue weighted by atomic mass is 9.92. The van der Waals surface area contributed by atoms with Crippen molar-refractivity contribution in [2.24, 2.45) is 7.05 Å². The van der Waals surface area contributed by atoms with Crippen molar-refractivity contribution in [3.8, 4) is 0 Å². The summed E-state index contributed by atoms with van der Waals surface area (Å²) in [6, 6.07) is 5.00. The minimum absolute atomic E-state index is 0.0668. The number of hydrogen-bond acceptors (Lipinski definition) is 4. The van der Waals surface area contributed by atoms with Gasteiger partial charge in [0, 0.05) is 31.5 Å². The van der Waals surface area contributed by atoms with E-state index >= 15 is 0 Å². The van der Waals surface area contributed by atoms with E-state index < -0.39 is 23.4 Å². The SMILES string of the molecule is Cn1ccnc1C(C)(OCC(O)CNC(C)(C)C)c1cccc(C(F)(F)F)c1. The maximum atomic E-state index is 13.2. The third-order valence-electron chi connectivity index (χ3n) is 4.42. The fraction of sp³-hybridized carbons (Fsp3) is 0.550. The Hall–Kier alpha value is -1.90. The summed E-state index contributed by atoms with van der Waals surface area (Å²) in [6.07, 6.45) is -2.04. The Balaban J connectivity index is 2.31. The molecule has 0 saturated carbocycles. The van der Waals surface area contributed by atoms with Gasteiger partial charge >= 0.3 is 6.18 Å². The van der Waals surface area contributed by atoms with E-state index in [0.717, 1.165) is 12.1 Å². The quantitative estimate of drug-likeness (QED) is 0.749. The molecule has 28 heavy (non-hydrogen) atoms. The molecule has 0 aliphatic heterocycles. The van der Waals surface area contributed by atoms with E-state index in [4.69, 9.17) is 4.74 Å². The van der Waals surface area contributed by atoms with Crippen molar-refractivity contribution in [1.82, 2.24) is 14.9 Å². The number of alkyl halides is 3. The molecule has 2 atom stereocenters. The van der Waals surface area contributed by atoms with Crippen LogP contribution in [0.3, 0.4) is 0 Å². The lowest BCUT2D eigenvalue weighted by Crippen LogP contribution is -2.43. The monoisotopic (exact) mass is 399 g/mol. The predicted octanol–water partition coefficient (Wildman–Crippen LogP) is 3.47. The second kappa shape index (κ2) is 8.23. The molecule has 1 aromatic heterocycles. The molecule has 2 N–H and O–H groups in total. The van der Waals surface area contributed by atoms with Gasteiger partial charge in [0.2, 0.25) is 0 Å². The van der Waals surface area contributed by atoms with Crippen LogP contribution in [0.25, 0.3) is 0 Å². The van der Waals surface area contributed by atoms with E-state index in [1.807, 2.05) is 20.8 Å². The highest BCUT2D eigenvalue weighted by Crippen LogP contribution is 2.36. The van der Waals surface area contributed by atoms with Crippen molar-refractivity contribution >= 4 is 0 Å². The first kappa shape index (κ1) is 22.4. The van der Waals surface area contributed by atoms with Crippen molar-refractivity contribution in [1.29, 1.82) is 0 Å². The number of nitrogens with zero attached hydrogens (tertiary/aromatic N) is 2. The highest BCUT2D eigenvalue weighted by Gasteiger charge is 2.37. The molecule has 0 saturated heterocycles. The molecule has 0 spiro atoms. The van der Waals surface area contributed by atoms with E-state index in [1.54, 1.807) is 37.0 Å². The number of aliphatic hydroxyl groups excluding tert-OH is 1. The summed E-state index contributed by atoms with van der Waals surface area (Å²) in [5.74, 6) is 0.447. The fourth-order valence-electron chi connectivity index (χ4n) is 2.84. The zero-order valence-corrected chi connectivity index (χ0v) is 16.8. The number of aliphatic hydroxyl groups is 1. The summed E-state index contributed by atoms with van der Waals surface area (Å²) in [6.45, 7) is 7.81. The van der Waals surface area contributed by atoms with Crippen LogP contribution in [0.15, 0.2) is 36.7 Å². The van der Waals surface area contributed by atoms with Crippen molar-refractivity contribution in [3.63, 3.8) is 0 Å². The minimum atomic E-state index is -4.46. The summed E-state index contributed by atoms with van der Waals surface area (Å²) >= 11 is 0. The van der Waals surface area contributed by atoms with Gasteiger partial charge in [-0.2, -0.15) is 13.2 Å². The maximum Gasteiger partial charge on any atom is 0.416 e. The Labute approximate surface area is 163 Å². The van der Waals surface area contributed by atoms with Crippen LogP contribution >= 0.6 is 0 Å². The zero-order chi connectivity index (χ0) is 21.2. The Kier molecular flexibility index (Phi) is 6.58. The van der Waals surface area contributed by atoms with Gasteiger partial charge < -0.3 is 19.7 Å². The first-order valence-corrected chi connectivity index (χ1v) is 9.05. The number of hydrogen-bond donors (Lipinski definition) is 2. The van der Waals surface area contributed by atoms with Crippen LogP contribution in [-0.2, 0) is 23.6 Å². The highest BCUT2D eigenvalue weighted by atomic mass is 19.4. The number of halogens is 3. The van der Waals surface area contributed by atoms with E-state index in [1.165, 1.54) is 6.07 Å². The summed E-state index contributed by atoms with van der Waals surface area (Å²) in [7, 11) is 1.75. The maximum absolute atomic E-state index is 13.2. The first-order valence-electron chi connectivity index (χ1n) is 9.05. The molecular formula is C20H28F3N3O2. The number of aromatic nitrogens is 2. The van der Waals surface area contributed by atoms with Gasteiger partial charge in [0.05, 0.1) is 18.3 Å². The third kappa shape index (κ3) is 5.56. The normalized spacial score (nSPS) is 16.0. The third-order valence-corrected chi connectivity index (χ3v) is 4.42. The number of aryl methyl sites for hydroxylation is 1. The van der Waals surface area contributed by atoms with Gasteiger partial charge in [0.15, 0.2) is 0 Å². The van der Waals surface area contributed by atoms with E-state index in [0.29, 0.717) is 17.9 Å². The van der Waals surface area contributed by atoms with Crippen LogP contribution < -0.4 is 5.32 Å². The van der Waals surface area contributed by atoms with Gasteiger partial charge in [0.25, 0.3) is 0 Å². The smallest absolute Gasteiger partial charge is 0.389 e. The van der Waals surface area contributed by atoms with Gasteiger partial charge in [0.1, 0.15) is 11.4 Å². The van der Waals surface area contributed by atoms with Crippen LogP contribution in [0.2, 0.25) is 0 Å². The van der Waals surface area contributed by atoms with Crippen LogP contribution in [0.1, 0.15) is 44.6 Å². The largest absolute Gasteiger partial charge is 0.416 e.